The summed E-state index contributed by atoms with van der Waals surface area (Å²) < 4.78 is 1.59. The Balaban J connectivity index is 1.60. The summed E-state index contributed by atoms with van der Waals surface area (Å²) in [6.45, 7) is 6.63. The van der Waals surface area contributed by atoms with Gasteiger partial charge in [0.15, 0.2) is 0 Å². The van der Waals surface area contributed by atoms with E-state index in [0.717, 1.165) is 22.8 Å². The van der Waals surface area contributed by atoms with Crippen LogP contribution >= 0.6 is 11.3 Å². The Kier molecular flexibility index (Phi) is 6.85. The molecule has 7 nitrogen and oxygen atoms in total. The molecule has 1 aromatic carbocycles. The molecule has 1 amide bonds. The van der Waals surface area contributed by atoms with Gasteiger partial charge in [0.2, 0.25) is 0 Å². The van der Waals surface area contributed by atoms with Gasteiger partial charge in [-0.1, -0.05) is 32.0 Å². The third kappa shape index (κ3) is 4.86. The zero-order valence-electron chi connectivity index (χ0n) is 17.5. The van der Waals surface area contributed by atoms with Gasteiger partial charge >= 0.3 is 0 Å². The van der Waals surface area contributed by atoms with Crippen molar-refractivity contribution >= 4 is 23.1 Å². The first-order chi connectivity index (χ1) is 14.4. The second kappa shape index (κ2) is 9.55. The molecule has 0 saturated carbocycles. The number of amides is 1. The predicted molar refractivity (Wildman–Crippen MR) is 119 cm³/mol. The number of benzene rings is 1. The van der Waals surface area contributed by atoms with Crippen molar-refractivity contribution in [2.45, 2.75) is 40.0 Å². The molecule has 0 radical (unpaired) electrons. The average Bonchev–Trinajstić information content (AvgIpc) is 3.24. The smallest absolute Gasteiger partial charge is 0.263 e. The van der Waals surface area contributed by atoms with Gasteiger partial charge < -0.3 is 11.1 Å². The van der Waals surface area contributed by atoms with Crippen LogP contribution in [0.2, 0.25) is 0 Å². The molecule has 0 aliphatic carbocycles. The summed E-state index contributed by atoms with van der Waals surface area (Å²) in [5.41, 5.74) is 8.74. The number of nitrogens with two attached hydrogens (primary N) is 1. The molecule has 0 saturated heterocycles. The van der Waals surface area contributed by atoms with Crippen LogP contribution in [0.25, 0.3) is 5.69 Å². The maximum atomic E-state index is 12.5. The number of aromatic nitrogens is 3. The molecule has 2 aromatic heterocycles. The number of nitriles is 1. The fourth-order valence-corrected chi connectivity index (χ4v) is 4.37. The Morgan fingerprint density at radius 2 is 2.07 bits per heavy atom. The molecule has 156 valence electrons. The number of anilines is 1. The lowest BCUT2D eigenvalue weighted by Crippen LogP contribution is -2.24. The summed E-state index contributed by atoms with van der Waals surface area (Å²) in [6, 6.07) is 11.6. The van der Waals surface area contributed by atoms with Crippen LogP contribution in [-0.2, 0) is 12.8 Å². The van der Waals surface area contributed by atoms with Gasteiger partial charge in [0.1, 0.15) is 22.3 Å². The lowest BCUT2D eigenvalue weighted by molar-refractivity contribution is 0.0956. The Hall–Kier alpha value is -3.18. The number of carbonyl (C=O) groups is 1. The van der Waals surface area contributed by atoms with Gasteiger partial charge in [-0.2, -0.15) is 10.4 Å². The minimum atomic E-state index is -0.102. The maximum absolute atomic E-state index is 12.5. The predicted octanol–water partition coefficient (Wildman–Crippen LogP) is 3.65. The number of rotatable bonds is 8. The normalized spacial score (nSPS) is 10.9. The SMILES string of the molecule is Cc1nc(CC(C)C)sc1C(=O)NCCCc1nn(-c2ccccc2)c(N)c1C#N. The fourth-order valence-electron chi connectivity index (χ4n) is 3.18. The number of hydrogen-bond donors (Lipinski definition) is 2. The van der Waals surface area contributed by atoms with Crippen LogP contribution in [0.4, 0.5) is 5.82 Å². The number of carbonyl (C=O) groups excluding carboxylic acids is 1. The lowest BCUT2D eigenvalue weighted by Gasteiger charge is -2.03. The van der Waals surface area contributed by atoms with Crippen molar-refractivity contribution in [3.8, 4) is 11.8 Å². The number of nitrogens with one attached hydrogen (secondary N) is 1. The molecule has 30 heavy (non-hydrogen) atoms. The standard InChI is InChI=1S/C22H26N6OS/c1-14(2)12-19-26-15(3)20(30-19)22(29)25-11-7-10-18-17(13-23)21(24)28(27-18)16-8-5-4-6-9-16/h4-6,8-9,14H,7,10-12,24H2,1-3H3,(H,25,29). The van der Waals surface area contributed by atoms with Crippen molar-refractivity contribution < 1.29 is 4.79 Å². The summed E-state index contributed by atoms with van der Waals surface area (Å²) >= 11 is 1.46. The van der Waals surface area contributed by atoms with Gasteiger partial charge in [0.25, 0.3) is 5.91 Å². The van der Waals surface area contributed by atoms with E-state index in [0.29, 0.717) is 47.3 Å². The van der Waals surface area contributed by atoms with E-state index in [1.54, 1.807) is 4.68 Å². The van der Waals surface area contributed by atoms with Crippen molar-refractivity contribution in [2.24, 2.45) is 5.92 Å². The quantitative estimate of drug-likeness (QED) is 0.539. The minimum absolute atomic E-state index is 0.102. The topological polar surface area (TPSA) is 110 Å². The molecule has 0 aliphatic rings. The number of nitrogen functional groups attached to an aromatic ring is 1. The second-order valence-corrected chi connectivity index (χ2v) is 8.63. The first-order valence-corrected chi connectivity index (χ1v) is 10.8. The van der Waals surface area contributed by atoms with Crippen molar-refractivity contribution in [1.29, 1.82) is 5.26 Å². The maximum Gasteiger partial charge on any atom is 0.263 e. The molecule has 2 heterocycles. The van der Waals surface area contributed by atoms with Gasteiger partial charge in [-0.05, 0) is 37.8 Å². The molecule has 3 aromatic rings. The van der Waals surface area contributed by atoms with Crippen LogP contribution in [-0.4, -0.2) is 27.2 Å². The van der Waals surface area contributed by atoms with Gasteiger partial charge in [-0.15, -0.1) is 11.3 Å². The van der Waals surface area contributed by atoms with Crippen LogP contribution in [0.3, 0.4) is 0 Å². The molecule has 0 aliphatic heterocycles. The van der Waals surface area contributed by atoms with Gasteiger partial charge in [-0.3, -0.25) is 4.79 Å². The second-order valence-electron chi connectivity index (χ2n) is 7.55. The third-order valence-electron chi connectivity index (χ3n) is 4.61. The average molecular weight is 423 g/mol. The molecule has 3 rings (SSSR count). The molecule has 8 heteroatoms. The highest BCUT2D eigenvalue weighted by Gasteiger charge is 2.18. The molecule has 3 N–H and O–H groups in total. The van der Waals surface area contributed by atoms with E-state index in [2.05, 4.69) is 35.3 Å². The molecule has 0 bridgehead atoms. The first kappa shape index (κ1) is 21.5. The van der Waals surface area contributed by atoms with Gasteiger partial charge in [0.05, 0.1) is 22.1 Å². The molecule has 0 spiro atoms. The van der Waals surface area contributed by atoms with E-state index in [-0.39, 0.29) is 5.91 Å². The molecule has 0 atom stereocenters. The van der Waals surface area contributed by atoms with Crippen molar-refractivity contribution in [2.75, 3.05) is 12.3 Å². The summed E-state index contributed by atoms with van der Waals surface area (Å²) in [4.78, 5) is 17.7. The molecular formula is C22H26N6OS. The third-order valence-corrected chi connectivity index (χ3v) is 5.79. The molecule has 0 fully saturated rings. The first-order valence-electron chi connectivity index (χ1n) is 9.98. The summed E-state index contributed by atoms with van der Waals surface area (Å²) in [6.07, 6.45) is 2.08. The molecule has 0 unspecified atom stereocenters. The Morgan fingerprint density at radius 3 is 2.73 bits per heavy atom. The van der Waals surface area contributed by atoms with E-state index < -0.39 is 0 Å². The Morgan fingerprint density at radius 1 is 1.33 bits per heavy atom. The van der Waals surface area contributed by atoms with Crippen molar-refractivity contribution in [1.82, 2.24) is 20.1 Å². The fraction of sp³-hybridized carbons (Fsp3) is 0.364. The highest BCUT2D eigenvalue weighted by molar-refractivity contribution is 7.13. The van der Waals surface area contributed by atoms with Crippen LogP contribution in [0, 0.1) is 24.2 Å². The van der Waals surface area contributed by atoms with Crippen molar-refractivity contribution in [3.05, 3.63) is 57.2 Å². The summed E-state index contributed by atoms with van der Waals surface area (Å²) in [5, 5.41) is 18.0. The van der Waals surface area contributed by atoms with Crippen molar-refractivity contribution in [3.63, 3.8) is 0 Å². The van der Waals surface area contributed by atoms with Gasteiger partial charge in [-0.25, -0.2) is 9.67 Å². The summed E-state index contributed by atoms with van der Waals surface area (Å²) in [5.74, 6) is 0.736. The van der Waals surface area contributed by atoms with E-state index in [4.69, 9.17) is 5.73 Å². The van der Waals surface area contributed by atoms with Crippen LogP contribution < -0.4 is 11.1 Å². The van der Waals surface area contributed by atoms with Gasteiger partial charge in [0, 0.05) is 13.0 Å². The highest BCUT2D eigenvalue weighted by atomic mass is 32.1. The van der Waals surface area contributed by atoms with Crippen LogP contribution in [0.1, 0.15) is 51.9 Å². The Labute approximate surface area is 180 Å². The Bertz CT molecular complexity index is 1060. The number of para-hydroxylation sites is 1. The van der Waals surface area contributed by atoms with E-state index in [1.807, 2.05) is 37.3 Å². The minimum Gasteiger partial charge on any atom is -0.382 e. The number of hydrogen-bond acceptors (Lipinski definition) is 6. The number of aryl methyl sites for hydroxylation is 2. The monoisotopic (exact) mass is 422 g/mol. The summed E-state index contributed by atoms with van der Waals surface area (Å²) in [7, 11) is 0. The molecular weight excluding hydrogens is 396 g/mol. The highest BCUT2D eigenvalue weighted by Crippen LogP contribution is 2.22. The van der Waals surface area contributed by atoms with Crippen LogP contribution in [0.15, 0.2) is 30.3 Å². The zero-order chi connectivity index (χ0) is 21.7. The number of nitrogens with zero attached hydrogens (tertiary/aromatic N) is 4. The van der Waals surface area contributed by atoms with E-state index in [1.165, 1.54) is 11.3 Å². The van der Waals surface area contributed by atoms with Crippen LogP contribution in [0.5, 0.6) is 0 Å². The largest absolute Gasteiger partial charge is 0.382 e. The zero-order valence-corrected chi connectivity index (χ0v) is 18.3. The van der Waals surface area contributed by atoms with E-state index >= 15 is 0 Å². The van der Waals surface area contributed by atoms with E-state index in [9.17, 15) is 10.1 Å². The number of thiazole rings is 1. The lowest BCUT2D eigenvalue weighted by atomic mass is 10.1.